The third-order valence-electron chi connectivity index (χ3n) is 2.86. The lowest BCUT2D eigenvalue weighted by atomic mass is 9.95. The van der Waals surface area contributed by atoms with Gasteiger partial charge in [-0.3, -0.25) is 0 Å². The van der Waals surface area contributed by atoms with Crippen LogP contribution in [0, 0.1) is 0 Å². The predicted molar refractivity (Wildman–Crippen MR) is 66.4 cm³/mol. The summed E-state index contributed by atoms with van der Waals surface area (Å²) >= 11 is 0. The van der Waals surface area contributed by atoms with Crippen LogP contribution in [0.15, 0.2) is 12.7 Å². The first kappa shape index (κ1) is 14.5. The van der Waals surface area contributed by atoms with Gasteiger partial charge in [0.2, 0.25) is 0 Å². The monoisotopic (exact) mass is 256 g/mol. The molecule has 1 saturated heterocycles. The number of nitrogens with one attached hydrogen (secondary N) is 2. The second-order valence-corrected chi connectivity index (χ2v) is 4.73. The van der Waals surface area contributed by atoms with Gasteiger partial charge in [0, 0.05) is 6.61 Å². The summed E-state index contributed by atoms with van der Waals surface area (Å²) in [6.45, 7) is 6.49. The fraction of sp³-hybridized carbons (Fsp3) is 0.667. The minimum absolute atomic E-state index is 0.190. The molecule has 1 aliphatic rings. The van der Waals surface area contributed by atoms with E-state index < -0.39 is 23.6 Å². The van der Waals surface area contributed by atoms with E-state index in [2.05, 4.69) is 17.2 Å². The molecule has 6 nitrogen and oxygen atoms in total. The van der Waals surface area contributed by atoms with Crippen molar-refractivity contribution in [2.75, 3.05) is 13.2 Å². The van der Waals surface area contributed by atoms with E-state index >= 15 is 0 Å². The summed E-state index contributed by atoms with van der Waals surface area (Å²) in [5.74, 6) is -1.07. The Morgan fingerprint density at radius 3 is 2.83 bits per heavy atom. The molecule has 1 fully saturated rings. The molecule has 0 saturated carbocycles. The summed E-state index contributed by atoms with van der Waals surface area (Å²) in [6.07, 6.45) is 3.35. The van der Waals surface area contributed by atoms with E-state index in [4.69, 9.17) is 9.84 Å². The first-order chi connectivity index (χ1) is 8.47. The van der Waals surface area contributed by atoms with Crippen molar-refractivity contribution in [3.05, 3.63) is 12.7 Å². The van der Waals surface area contributed by atoms with Gasteiger partial charge in [0.25, 0.3) is 0 Å². The average molecular weight is 256 g/mol. The van der Waals surface area contributed by atoms with Gasteiger partial charge in [-0.15, -0.1) is 6.58 Å². The Kier molecular flexibility index (Phi) is 5.15. The van der Waals surface area contributed by atoms with Crippen molar-refractivity contribution in [2.24, 2.45) is 0 Å². The van der Waals surface area contributed by atoms with Gasteiger partial charge in [-0.1, -0.05) is 6.08 Å². The SMILES string of the molecule is C=CCC(NC(=O)NC1(C)CCCOC1)C(=O)O. The smallest absolute Gasteiger partial charge is 0.326 e. The molecule has 0 aromatic rings. The fourth-order valence-corrected chi connectivity index (χ4v) is 1.89. The summed E-state index contributed by atoms with van der Waals surface area (Å²) in [7, 11) is 0. The van der Waals surface area contributed by atoms with Gasteiger partial charge < -0.3 is 20.5 Å². The molecule has 2 amide bonds. The van der Waals surface area contributed by atoms with Crippen molar-refractivity contribution in [1.29, 1.82) is 0 Å². The third-order valence-corrected chi connectivity index (χ3v) is 2.86. The van der Waals surface area contributed by atoms with Crippen LogP contribution < -0.4 is 10.6 Å². The van der Waals surface area contributed by atoms with Crippen LogP contribution >= 0.6 is 0 Å². The Labute approximate surface area is 106 Å². The number of hydrogen-bond donors (Lipinski definition) is 3. The fourth-order valence-electron chi connectivity index (χ4n) is 1.89. The minimum Gasteiger partial charge on any atom is -0.480 e. The number of hydrogen-bond acceptors (Lipinski definition) is 3. The molecule has 1 rings (SSSR count). The van der Waals surface area contributed by atoms with Gasteiger partial charge in [-0.2, -0.15) is 0 Å². The van der Waals surface area contributed by atoms with E-state index in [1.807, 2.05) is 6.92 Å². The summed E-state index contributed by atoms with van der Waals surface area (Å²) < 4.78 is 5.31. The zero-order valence-electron chi connectivity index (χ0n) is 10.6. The Balaban J connectivity index is 2.48. The molecule has 1 heterocycles. The van der Waals surface area contributed by atoms with Gasteiger partial charge in [0.15, 0.2) is 0 Å². The van der Waals surface area contributed by atoms with E-state index in [1.165, 1.54) is 6.08 Å². The molecule has 1 aliphatic heterocycles. The quantitative estimate of drug-likeness (QED) is 0.637. The lowest BCUT2D eigenvalue weighted by molar-refractivity contribution is -0.139. The molecule has 3 N–H and O–H groups in total. The van der Waals surface area contributed by atoms with Crippen LogP contribution in [-0.4, -0.2) is 41.9 Å². The standard InChI is InChI=1S/C12H20N2O4/c1-3-5-9(10(15)16)13-11(17)14-12(2)6-4-7-18-8-12/h3,9H,1,4-8H2,2H3,(H,15,16)(H2,13,14,17). The van der Waals surface area contributed by atoms with Crippen molar-refractivity contribution in [2.45, 2.75) is 37.8 Å². The van der Waals surface area contributed by atoms with Gasteiger partial charge in [-0.05, 0) is 26.2 Å². The molecular weight excluding hydrogens is 236 g/mol. The maximum absolute atomic E-state index is 11.7. The second kappa shape index (κ2) is 6.39. The number of ether oxygens (including phenoxy) is 1. The number of urea groups is 1. The number of carbonyl (C=O) groups is 2. The third kappa shape index (κ3) is 4.37. The Morgan fingerprint density at radius 1 is 1.61 bits per heavy atom. The van der Waals surface area contributed by atoms with Gasteiger partial charge in [0.05, 0.1) is 12.1 Å². The van der Waals surface area contributed by atoms with Crippen LogP contribution in [0.1, 0.15) is 26.2 Å². The molecule has 0 aromatic carbocycles. The maximum atomic E-state index is 11.7. The summed E-state index contributed by atoms with van der Waals surface area (Å²) in [5.41, 5.74) is -0.431. The first-order valence-electron chi connectivity index (χ1n) is 5.97. The molecule has 0 aliphatic carbocycles. The van der Waals surface area contributed by atoms with Crippen LogP contribution in [-0.2, 0) is 9.53 Å². The van der Waals surface area contributed by atoms with Gasteiger partial charge in [-0.25, -0.2) is 9.59 Å². The van der Waals surface area contributed by atoms with E-state index in [-0.39, 0.29) is 6.42 Å². The van der Waals surface area contributed by atoms with Crippen LogP contribution in [0.3, 0.4) is 0 Å². The molecule has 18 heavy (non-hydrogen) atoms. The zero-order valence-corrected chi connectivity index (χ0v) is 10.6. The van der Waals surface area contributed by atoms with Gasteiger partial charge >= 0.3 is 12.0 Å². The minimum atomic E-state index is -1.07. The Hall–Kier alpha value is -1.56. The van der Waals surface area contributed by atoms with E-state index in [9.17, 15) is 9.59 Å². The summed E-state index contributed by atoms with van der Waals surface area (Å²) in [4.78, 5) is 22.6. The number of amides is 2. The highest BCUT2D eigenvalue weighted by atomic mass is 16.5. The van der Waals surface area contributed by atoms with Crippen molar-refractivity contribution in [1.82, 2.24) is 10.6 Å². The number of carbonyl (C=O) groups excluding carboxylic acids is 1. The molecule has 0 bridgehead atoms. The Morgan fingerprint density at radius 2 is 2.33 bits per heavy atom. The number of carboxylic acid groups (broad SMARTS) is 1. The first-order valence-corrected chi connectivity index (χ1v) is 5.97. The van der Waals surface area contributed by atoms with Gasteiger partial charge in [0.1, 0.15) is 6.04 Å². The molecule has 0 spiro atoms. The van der Waals surface area contributed by atoms with Crippen molar-refractivity contribution >= 4 is 12.0 Å². The van der Waals surface area contributed by atoms with Crippen molar-refractivity contribution < 1.29 is 19.4 Å². The molecule has 102 valence electrons. The highest BCUT2D eigenvalue weighted by Crippen LogP contribution is 2.17. The molecule has 6 heteroatoms. The second-order valence-electron chi connectivity index (χ2n) is 4.73. The van der Waals surface area contributed by atoms with Crippen molar-refractivity contribution in [3.63, 3.8) is 0 Å². The van der Waals surface area contributed by atoms with Crippen molar-refractivity contribution in [3.8, 4) is 0 Å². The highest BCUT2D eigenvalue weighted by Gasteiger charge is 2.30. The molecular formula is C12H20N2O4. The van der Waals surface area contributed by atoms with E-state index in [1.54, 1.807) is 0 Å². The van der Waals surface area contributed by atoms with Crippen LogP contribution in [0.4, 0.5) is 4.79 Å². The molecule has 0 radical (unpaired) electrons. The Bertz CT molecular complexity index is 324. The highest BCUT2D eigenvalue weighted by molar-refractivity contribution is 5.83. The molecule has 2 atom stereocenters. The van der Waals surface area contributed by atoms with Crippen LogP contribution in [0.5, 0.6) is 0 Å². The lowest BCUT2D eigenvalue weighted by Crippen LogP contribution is -2.57. The summed E-state index contributed by atoms with van der Waals surface area (Å²) in [6, 6.07) is -1.44. The van der Waals surface area contributed by atoms with Crippen LogP contribution in [0.25, 0.3) is 0 Å². The number of aliphatic carboxylic acids is 1. The normalized spacial score (nSPS) is 24.9. The summed E-state index contributed by atoms with van der Waals surface area (Å²) in [5, 5.41) is 14.1. The topological polar surface area (TPSA) is 87.7 Å². The molecule has 0 aromatic heterocycles. The van der Waals surface area contributed by atoms with E-state index in [0.717, 1.165) is 12.8 Å². The number of rotatable bonds is 5. The average Bonchev–Trinajstić information content (AvgIpc) is 2.28. The van der Waals surface area contributed by atoms with E-state index in [0.29, 0.717) is 13.2 Å². The largest absolute Gasteiger partial charge is 0.480 e. The maximum Gasteiger partial charge on any atom is 0.326 e. The number of carboxylic acids is 1. The predicted octanol–water partition coefficient (Wildman–Crippen LogP) is 0.884. The molecule has 2 unspecified atom stereocenters. The zero-order chi connectivity index (χ0) is 13.6. The van der Waals surface area contributed by atoms with Crippen LogP contribution in [0.2, 0.25) is 0 Å². The lowest BCUT2D eigenvalue weighted by Gasteiger charge is -2.34.